The van der Waals surface area contributed by atoms with Gasteiger partial charge >= 0.3 is 6.18 Å². The lowest BCUT2D eigenvalue weighted by Gasteiger charge is -2.26. The summed E-state index contributed by atoms with van der Waals surface area (Å²) in [6.07, 6.45) is -4.25. The Morgan fingerprint density at radius 3 is 2.35 bits per heavy atom. The van der Waals surface area contributed by atoms with E-state index in [0.29, 0.717) is 12.1 Å². The number of fused-ring (bicyclic) bond motifs is 1. The van der Waals surface area contributed by atoms with Crippen LogP contribution in [0, 0.1) is 0 Å². The summed E-state index contributed by atoms with van der Waals surface area (Å²) >= 11 is 0. The summed E-state index contributed by atoms with van der Waals surface area (Å²) in [7, 11) is -4.30. The molecule has 0 N–H and O–H groups in total. The third-order valence-corrected chi connectivity index (χ3v) is 5.86. The first kappa shape index (κ1) is 15.9. The molecule has 3 rings (SSSR count). The van der Waals surface area contributed by atoms with Crippen LogP contribution in [0.3, 0.4) is 0 Å². The van der Waals surface area contributed by atoms with Crippen molar-refractivity contribution in [1.29, 1.82) is 0 Å². The lowest BCUT2D eigenvalue weighted by atomic mass is 10.1. The molecule has 7 heteroatoms. The summed E-state index contributed by atoms with van der Waals surface area (Å²) < 4.78 is 66.4. The molecule has 0 amide bonds. The van der Waals surface area contributed by atoms with Crippen molar-refractivity contribution in [2.75, 3.05) is 4.31 Å². The molecule has 0 aliphatic carbocycles. The van der Waals surface area contributed by atoms with Crippen LogP contribution in [-0.4, -0.2) is 14.5 Å². The number of benzene rings is 2. The quantitative estimate of drug-likeness (QED) is 0.832. The molecule has 0 unspecified atom stereocenters. The van der Waals surface area contributed by atoms with Gasteiger partial charge in [-0.25, -0.2) is 8.42 Å². The number of nitrogens with zero attached hydrogens (tertiary/aromatic N) is 1. The standard InChI is InChI=1S/C16H14F3NO2S/c1-11-10-12-6-2-4-8-14(12)20(11)23(21,22)15-9-5-3-7-13(15)16(17,18)19/h2-9,11H,10H2,1H3/t11-/m1/s1. The Kier molecular flexibility index (Phi) is 3.63. The summed E-state index contributed by atoms with van der Waals surface area (Å²) in [5.74, 6) is 0. The first-order valence-electron chi connectivity index (χ1n) is 7.01. The second-order valence-electron chi connectivity index (χ2n) is 5.48. The number of rotatable bonds is 2. The van der Waals surface area contributed by atoms with Crippen molar-refractivity contribution in [3.8, 4) is 0 Å². The number of hydrogen-bond donors (Lipinski definition) is 0. The highest BCUT2D eigenvalue weighted by atomic mass is 32.2. The van der Waals surface area contributed by atoms with Crippen LogP contribution < -0.4 is 4.31 Å². The molecular formula is C16H14F3NO2S. The highest BCUT2D eigenvalue weighted by molar-refractivity contribution is 7.93. The maximum Gasteiger partial charge on any atom is 0.417 e. The van der Waals surface area contributed by atoms with E-state index in [1.807, 2.05) is 0 Å². The van der Waals surface area contributed by atoms with E-state index in [1.54, 1.807) is 31.2 Å². The van der Waals surface area contributed by atoms with E-state index < -0.39 is 32.7 Å². The molecule has 0 saturated heterocycles. The predicted molar refractivity (Wildman–Crippen MR) is 80.7 cm³/mol. The van der Waals surface area contributed by atoms with Gasteiger partial charge in [-0.05, 0) is 37.1 Å². The first-order valence-corrected chi connectivity index (χ1v) is 8.45. The van der Waals surface area contributed by atoms with Crippen LogP contribution in [0.15, 0.2) is 53.4 Å². The molecule has 0 bridgehead atoms. The Morgan fingerprint density at radius 2 is 1.65 bits per heavy atom. The number of anilines is 1. The second kappa shape index (κ2) is 5.26. The van der Waals surface area contributed by atoms with Gasteiger partial charge in [0.05, 0.1) is 16.1 Å². The van der Waals surface area contributed by atoms with E-state index >= 15 is 0 Å². The summed E-state index contributed by atoms with van der Waals surface area (Å²) in [6, 6.07) is 10.7. The molecule has 0 radical (unpaired) electrons. The van der Waals surface area contributed by atoms with Gasteiger partial charge in [0.25, 0.3) is 10.0 Å². The van der Waals surface area contributed by atoms with Crippen LogP contribution in [0.4, 0.5) is 18.9 Å². The molecule has 0 aromatic heterocycles. The first-order chi connectivity index (χ1) is 10.7. The van der Waals surface area contributed by atoms with Crippen molar-refractivity contribution in [3.63, 3.8) is 0 Å². The van der Waals surface area contributed by atoms with Crippen molar-refractivity contribution >= 4 is 15.7 Å². The van der Waals surface area contributed by atoms with Crippen LogP contribution in [0.25, 0.3) is 0 Å². The van der Waals surface area contributed by atoms with Crippen LogP contribution in [0.5, 0.6) is 0 Å². The van der Waals surface area contributed by atoms with Gasteiger partial charge in [-0.3, -0.25) is 4.31 Å². The lowest BCUT2D eigenvalue weighted by molar-refractivity contribution is -0.139. The van der Waals surface area contributed by atoms with E-state index in [2.05, 4.69) is 0 Å². The van der Waals surface area contributed by atoms with Gasteiger partial charge < -0.3 is 0 Å². The molecule has 1 atom stereocenters. The van der Waals surface area contributed by atoms with Gasteiger partial charge in [-0.2, -0.15) is 13.2 Å². The summed E-state index contributed by atoms with van der Waals surface area (Å²) in [5, 5.41) is 0. The summed E-state index contributed by atoms with van der Waals surface area (Å²) in [5.41, 5.74) is 0.113. The molecule has 0 fully saturated rings. The molecule has 0 spiro atoms. The van der Waals surface area contributed by atoms with E-state index in [4.69, 9.17) is 0 Å². The fourth-order valence-electron chi connectivity index (χ4n) is 2.94. The largest absolute Gasteiger partial charge is 0.417 e. The Hall–Kier alpha value is -2.02. The predicted octanol–water partition coefficient (Wildman–Crippen LogP) is 3.85. The number of alkyl halides is 3. The van der Waals surface area contributed by atoms with E-state index in [-0.39, 0.29) is 0 Å². The fraction of sp³-hybridized carbons (Fsp3) is 0.250. The number of para-hydroxylation sites is 1. The van der Waals surface area contributed by atoms with Gasteiger partial charge in [0.1, 0.15) is 0 Å². The Bertz CT molecular complexity index is 846. The average Bonchev–Trinajstić information content (AvgIpc) is 2.82. The molecule has 1 heterocycles. The smallest absolute Gasteiger partial charge is 0.263 e. The topological polar surface area (TPSA) is 37.4 Å². The lowest BCUT2D eigenvalue weighted by Crippen LogP contribution is -2.36. The van der Waals surface area contributed by atoms with E-state index in [1.165, 1.54) is 12.1 Å². The monoisotopic (exact) mass is 341 g/mol. The van der Waals surface area contributed by atoms with Crippen LogP contribution >= 0.6 is 0 Å². The molecule has 23 heavy (non-hydrogen) atoms. The molecule has 2 aromatic carbocycles. The highest BCUT2D eigenvalue weighted by Gasteiger charge is 2.42. The van der Waals surface area contributed by atoms with Crippen LogP contribution in [0.1, 0.15) is 18.1 Å². The number of halogens is 3. The zero-order valence-corrected chi connectivity index (χ0v) is 13.0. The maximum absolute atomic E-state index is 13.2. The SMILES string of the molecule is C[C@@H]1Cc2ccccc2N1S(=O)(=O)c1ccccc1C(F)(F)F. The molecule has 3 nitrogen and oxygen atoms in total. The van der Waals surface area contributed by atoms with Gasteiger partial charge in [-0.15, -0.1) is 0 Å². The van der Waals surface area contributed by atoms with Gasteiger partial charge in [0.2, 0.25) is 0 Å². The van der Waals surface area contributed by atoms with Crippen molar-refractivity contribution in [3.05, 3.63) is 59.7 Å². The van der Waals surface area contributed by atoms with Crippen molar-refractivity contribution < 1.29 is 21.6 Å². The highest BCUT2D eigenvalue weighted by Crippen LogP contribution is 2.40. The molecular weight excluding hydrogens is 327 g/mol. The molecule has 0 saturated carbocycles. The number of sulfonamides is 1. The minimum Gasteiger partial charge on any atom is -0.263 e. The van der Waals surface area contributed by atoms with Crippen molar-refractivity contribution in [2.24, 2.45) is 0 Å². The second-order valence-corrected chi connectivity index (χ2v) is 7.26. The molecule has 1 aliphatic heterocycles. The van der Waals surface area contributed by atoms with Crippen molar-refractivity contribution in [1.82, 2.24) is 0 Å². The summed E-state index contributed by atoms with van der Waals surface area (Å²) in [6.45, 7) is 1.69. The Labute approximate surface area is 132 Å². The van der Waals surface area contributed by atoms with E-state index in [9.17, 15) is 21.6 Å². The van der Waals surface area contributed by atoms with Gasteiger partial charge in [0, 0.05) is 6.04 Å². The molecule has 2 aromatic rings. The third-order valence-electron chi connectivity index (χ3n) is 3.87. The zero-order chi connectivity index (χ0) is 16.8. The van der Waals surface area contributed by atoms with Gasteiger partial charge in [0.15, 0.2) is 0 Å². The minimum atomic E-state index is -4.73. The number of hydrogen-bond acceptors (Lipinski definition) is 2. The average molecular weight is 341 g/mol. The summed E-state index contributed by atoms with van der Waals surface area (Å²) in [4.78, 5) is -0.712. The molecule has 122 valence electrons. The van der Waals surface area contributed by atoms with Crippen LogP contribution in [0.2, 0.25) is 0 Å². The molecule has 1 aliphatic rings. The normalized spacial score (nSPS) is 18.1. The maximum atomic E-state index is 13.2. The minimum absolute atomic E-state index is 0.432. The van der Waals surface area contributed by atoms with Crippen LogP contribution in [-0.2, 0) is 22.6 Å². The van der Waals surface area contributed by atoms with E-state index in [0.717, 1.165) is 22.0 Å². The fourth-order valence-corrected chi connectivity index (χ4v) is 4.84. The Morgan fingerprint density at radius 1 is 1.04 bits per heavy atom. The zero-order valence-electron chi connectivity index (χ0n) is 12.2. The Balaban J connectivity index is 2.18. The van der Waals surface area contributed by atoms with Crippen molar-refractivity contribution in [2.45, 2.75) is 30.5 Å². The third kappa shape index (κ3) is 2.59. The van der Waals surface area contributed by atoms with Gasteiger partial charge in [-0.1, -0.05) is 30.3 Å².